The Bertz CT molecular complexity index is 1020. The number of thiazole rings is 1. The van der Waals surface area contributed by atoms with Crippen LogP contribution < -0.4 is 10.2 Å². The molecule has 1 fully saturated rings. The Balaban J connectivity index is 1.45. The number of β-amino-alcohol motifs (C(OH)–C–C–N with tert-alkyl or cyclic N) is 1. The summed E-state index contributed by atoms with van der Waals surface area (Å²) in [6, 6.07) is 10.0. The predicted molar refractivity (Wildman–Crippen MR) is 116 cm³/mol. The number of aliphatic hydroxyl groups excluding tert-OH is 1. The van der Waals surface area contributed by atoms with E-state index in [1.54, 1.807) is 11.3 Å². The number of anilines is 1. The number of benzene rings is 1. The van der Waals surface area contributed by atoms with E-state index < -0.39 is 6.10 Å². The number of rotatable bonds is 5. The minimum Gasteiger partial charge on any atom is -0.391 e. The zero-order valence-corrected chi connectivity index (χ0v) is 17.6. The van der Waals surface area contributed by atoms with Crippen molar-refractivity contribution in [2.24, 2.45) is 0 Å². The summed E-state index contributed by atoms with van der Waals surface area (Å²) in [5.74, 6) is 0.00506. The lowest BCUT2D eigenvalue weighted by molar-refractivity contribution is -0.122. The van der Waals surface area contributed by atoms with Gasteiger partial charge in [0, 0.05) is 47.7 Å². The van der Waals surface area contributed by atoms with E-state index in [9.17, 15) is 9.90 Å². The summed E-state index contributed by atoms with van der Waals surface area (Å²) in [5, 5.41) is 17.7. The number of hydrogen-bond donors (Lipinski definition) is 2. The Morgan fingerprint density at radius 2 is 2.10 bits per heavy atom. The van der Waals surface area contributed by atoms with E-state index in [1.165, 1.54) is 0 Å². The van der Waals surface area contributed by atoms with Gasteiger partial charge in [-0.05, 0) is 38.8 Å². The van der Waals surface area contributed by atoms with Crippen molar-refractivity contribution in [1.82, 2.24) is 15.3 Å². The number of amides is 1. The number of carbonyl (C=O) groups excluding carboxylic acids is 1. The summed E-state index contributed by atoms with van der Waals surface area (Å²) in [7, 11) is 0. The Morgan fingerprint density at radius 1 is 1.28 bits per heavy atom. The Labute approximate surface area is 174 Å². The third-order valence-corrected chi connectivity index (χ3v) is 6.05. The van der Waals surface area contributed by atoms with Crippen LogP contribution in [-0.4, -0.2) is 46.2 Å². The van der Waals surface area contributed by atoms with Crippen molar-refractivity contribution < 1.29 is 9.90 Å². The molecule has 152 valence electrons. The van der Waals surface area contributed by atoms with Crippen LogP contribution >= 0.6 is 11.3 Å². The third kappa shape index (κ3) is 4.74. The van der Waals surface area contributed by atoms with Gasteiger partial charge in [0.15, 0.2) is 0 Å². The van der Waals surface area contributed by atoms with E-state index in [4.69, 9.17) is 0 Å². The monoisotopic (exact) mass is 410 g/mol. The van der Waals surface area contributed by atoms with Crippen molar-refractivity contribution in [2.45, 2.75) is 45.3 Å². The van der Waals surface area contributed by atoms with E-state index in [0.29, 0.717) is 32.4 Å². The van der Waals surface area contributed by atoms with Crippen LogP contribution in [-0.2, 0) is 11.2 Å². The highest BCUT2D eigenvalue weighted by atomic mass is 32.1. The molecule has 4 rings (SSSR count). The summed E-state index contributed by atoms with van der Waals surface area (Å²) in [5.41, 5.74) is 3.91. The molecule has 1 aliphatic heterocycles. The Hall–Kier alpha value is -2.51. The van der Waals surface area contributed by atoms with Crippen molar-refractivity contribution in [3.63, 3.8) is 0 Å². The first-order valence-corrected chi connectivity index (χ1v) is 10.9. The second-order valence-electron chi connectivity index (χ2n) is 7.72. The van der Waals surface area contributed by atoms with Gasteiger partial charge >= 0.3 is 0 Å². The number of hydrogen-bond acceptors (Lipinski definition) is 6. The van der Waals surface area contributed by atoms with Crippen molar-refractivity contribution in [3.8, 4) is 0 Å². The summed E-state index contributed by atoms with van der Waals surface area (Å²) in [6.07, 6.45) is 1.14. The smallest absolute Gasteiger partial charge is 0.220 e. The van der Waals surface area contributed by atoms with Crippen molar-refractivity contribution >= 4 is 33.8 Å². The van der Waals surface area contributed by atoms with Crippen LogP contribution in [0.2, 0.25) is 0 Å². The molecule has 0 radical (unpaired) electrons. The number of carbonyl (C=O) groups is 1. The molecule has 2 atom stereocenters. The van der Waals surface area contributed by atoms with E-state index >= 15 is 0 Å². The highest BCUT2D eigenvalue weighted by Crippen LogP contribution is 2.29. The standard InChI is InChI=1S/C22H26N4O2S/c1-14-9-21(19-5-3-4-6-20(19)23-14)26-11-17(10-18(27)12-26)25-22(28)8-7-16-13-29-15(2)24-16/h3-6,9,13,17-18,27H,7-8,10-12H2,1-2H3,(H,25,28)/t17-,18+/m0/s1. The maximum absolute atomic E-state index is 12.5. The molecule has 0 unspecified atom stereocenters. The maximum atomic E-state index is 12.5. The zero-order chi connectivity index (χ0) is 20.4. The van der Waals surface area contributed by atoms with Crippen LogP contribution in [0.3, 0.4) is 0 Å². The highest BCUT2D eigenvalue weighted by Gasteiger charge is 2.28. The quantitative estimate of drug-likeness (QED) is 0.676. The van der Waals surface area contributed by atoms with Crippen LogP contribution in [0.1, 0.15) is 29.2 Å². The van der Waals surface area contributed by atoms with Gasteiger partial charge in [-0.3, -0.25) is 9.78 Å². The molecule has 0 aliphatic carbocycles. The lowest BCUT2D eigenvalue weighted by atomic mass is 10.0. The normalized spacial score (nSPS) is 19.5. The second kappa shape index (κ2) is 8.47. The van der Waals surface area contributed by atoms with Gasteiger partial charge in [0.1, 0.15) is 0 Å². The molecular formula is C22H26N4O2S. The average Bonchev–Trinajstić information content (AvgIpc) is 3.10. The van der Waals surface area contributed by atoms with E-state index in [2.05, 4.69) is 32.3 Å². The van der Waals surface area contributed by atoms with Crippen LogP contribution in [0.15, 0.2) is 35.7 Å². The molecule has 3 aromatic rings. The molecule has 0 bridgehead atoms. The van der Waals surface area contributed by atoms with E-state index in [1.807, 2.05) is 37.4 Å². The molecule has 1 aliphatic rings. The summed E-state index contributed by atoms with van der Waals surface area (Å²) in [6.45, 7) is 5.18. The number of nitrogens with zero attached hydrogens (tertiary/aromatic N) is 3. The van der Waals surface area contributed by atoms with Crippen molar-refractivity contribution in [3.05, 3.63) is 52.1 Å². The molecule has 1 saturated heterocycles. The van der Waals surface area contributed by atoms with Crippen LogP contribution in [0.5, 0.6) is 0 Å². The number of aliphatic hydroxyl groups is 1. The van der Waals surface area contributed by atoms with Crippen LogP contribution in [0.25, 0.3) is 10.9 Å². The molecule has 1 aromatic carbocycles. The number of pyridine rings is 1. The predicted octanol–water partition coefficient (Wildman–Crippen LogP) is 3.00. The third-order valence-electron chi connectivity index (χ3n) is 5.23. The molecule has 7 heteroatoms. The number of aryl methyl sites for hydroxylation is 3. The minimum atomic E-state index is -0.484. The lowest BCUT2D eigenvalue weighted by Gasteiger charge is -2.38. The second-order valence-corrected chi connectivity index (χ2v) is 8.78. The number of aromatic nitrogens is 2. The Kier molecular flexibility index (Phi) is 5.78. The number of para-hydroxylation sites is 1. The molecular weight excluding hydrogens is 384 g/mol. The van der Waals surface area contributed by atoms with Crippen molar-refractivity contribution in [1.29, 1.82) is 0 Å². The van der Waals surface area contributed by atoms with Crippen LogP contribution in [0.4, 0.5) is 5.69 Å². The first-order chi connectivity index (χ1) is 14.0. The number of piperidine rings is 1. The van der Waals surface area contributed by atoms with E-state index in [0.717, 1.165) is 33.0 Å². The summed E-state index contributed by atoms with van der Waals surface area (Å²) < 4.78 is 0. The molecule has 0 saturated carbocycles. The fourth-order valence-electron chi connectivity index (χ4n) is 3.99. The van der Waals surface area contributed by atoms with Gasteiger partial charge in [-0.1, -0.05) is 18.2 Å². The van der Waals surface area contributed by atoms with Gasteiger partial charge in [0.05, 0.1) is 22.3 Å². The van der Waals surface area contributed by atoms with Gasteiger partial charge in [-0.15, -0.1) is 11.3 Å². The first-order valence-electron chi connectivity index (χ1n) is 9.97. The minimum absolute atomic E-state index is 0.00506. The summed E-state index contributed by atoms with van der Waals surface area (Å²) >= 11 is 1.60. The topological polar surface area (TPSA) is 78.4 Å². The molecule has 6 nitrogen and oxygen atoms in total. The van der Waals surface area contributed by atoms with Gasteiger partial charge in [-0.2, -0.15) is 0 Å². The Morgan fingerprint density at radius 3 is 2.90 bits per heavy atom. The van der Waals surface area contributed by atoms with E-state index in [-0.39, 0.29) is 11.9 Å². The summed E-state index contributed by atoms with van der Waals surface area (Å²) in [4.78, 5) is 23.7. The highest BCUT2D eigenvalue weighted by molar-refractivity contribution is 7.09. The van der Waals surface area contributed by atoms with Gasteiger partial charge in [0.25, 0.3) is 0 Å². The fourth-order valence-corrected chi connectivity index (χ4v) is 4.63. The SMILES string of the molecule is Cc1cc(N2C[C@H](O)C[C@H](NC(=O)CCc3csc(C)n3)C2)c2ccccc2n1. The maximum Gasteiger partial charge on any atom is 0.220 e. The van der Waals surface area contributed by atoms with Gasteiger partial charge < -0.3 is 15.3 Å². The number of fused-ring (bicyclic) bond motifs is 1. The van der Waals surface area contributed by atoms with Gasteiger partial charge in [0.2, 0.25) is 5.91 Å². The zero-order valence-electron chi connectivity index (χ0n) is 16.8. The molecule has 2 aromatic heterocycles. The first kappa shape index (κ1) is 19.8. The van der Waals surface area contributed by atoms with Crippen molar-refractivity contribution in [2.75, 3.05) is 18.0 Å². The largest absolute Gasteiger partial charge is 0.391 e. The van der Waals surface area contributed by atoms with Crippen LogP contribution in [0, 0.1) is 13.8 Å². The number of nitrogens with one attached hydrogen (secondary N) is 1. The molecule has 2 N–H and O–H groups in total. The average molecular weight is 411 g/mol. The fraction of sp³-hybridized carbons (Fsp3) is 0.409. The molecule has 0 spiro atoms. The van der Waals surface area contributed by atoms with Gasteiger partial charge in [-0.25, -0.2) is 4.98 Å². The molecule has 1 amide bonds. The molecule has 29 heavy (non-hydrogen) atoms. The molecule has 3 heterocycles. The lowest BCUT2D eigenvalue weighted by Crippen LogP contribution is -2.52.